The number of para-hydroxylation sites is 1. The SMILES string of the molecule is CC(=O)[C@H]1[C@H](c2ccc(Br)cc2)C2(C(=O)c3ccccc3C2=O)[C@H]2C=Cc3ccccc3N12. The molecule has 0 saturated carbocycles. The fraction of sp³-hybridized carbons (Fsp3) is 0.179. The summed E-state index contributed by atoms with van der Waals surface area (Å²) in [7, 11) is 0. The molecule has 162 valence electrons. The third-order valence-corrected chi connectivity index (χ3v) is 7.89. The number of carbonyl (C=O) groups is 3. The maximum Gasteiger partial charge on any atom is 0.180 e. The molecule has 6 rings (SSSR count). The minimum Gasteiger partial charge on any atom is -0.352 e. The molecule has 3 atom stereocenters. The molecule has 0 unspecified atom stereocenters. The van der Waals surface area contributed by atoms with Crippen LogP contribution in [-0.4, -0.2) is 29.4 Å². The van der Waals surface area contributed by atoms with Gasteiger partial charge in [-0.05, 0) is 36.2 Å². The average Bonchev–Trinajstić information content (AvgIpc) is 3.27. The van der Waals surface area contributed by atoms with Crippen molar-refractivity contribution in [3.05, 3.63) is 106 Å². The molecule has 0 amide bonds. The molecular formula is C28H20BrNO3. The number of anilines is 1. The van der Waals surface area contributed by atoms with Gasteiger partial charge in [-0.15, -0.1) is 0 Å². The van der Waals surface area contributed by atoms with E-state index in [-0.39, 0.29) is 17.3 Å². The van der Waals surface area contributed by atoms with Crippen LogP contribution in [0.2, 0.25) is 0 Å². The summed E-state index contributed by atoms with van der Waals surface area (Å²) in [4.78, 5) is 43.7. The van der Waals surface area contributed by atoms with E-state index in [1.54, 1.807) is 31.2 Å². The van der Waals surface area contributed by atoms with Crippen LogP contribution in [0.3, 0.4) is 0 Å². The molecule has 1 aliphatic carbocycles. The summed E-state index contributed by atoms with van der Waals surface area (Å²) in [6, 6.07) is 21.3. The van der Waals surface area contributed by atoms with Gasteiger partial charge in [-0.1, -0.05) is 82.7 Å². The summed E-state index contributed by atoms with van der Waals surface area (Å²) in [5, 5.41) is 0. The zero-order valence-electron chi connectivity index (χ0n) is 17.9. The predicted molar refractivity (Wildman–Crippen MR) is 131 cm³/mol. The van der Waals surface area contributed by atoms with Gasteiger partial charge >= 0.3 is 0 Å². The van der Waals surface area contributed by atoms with E-state index in [1.165, 1.54) is 0 Å². The van der Waals surface area contributed by atoms with Crippen LogP contribution in [0.25, 0.3) is 6.08 Å². The molecule has 3 aromatic carbocycles. The fourth-order valence-electron chi connectivity index (χ4n) is 6.11. The van der Waals surface area contributed by atoms with Crippen LogP contribution in [0.15, 0.2) is 83.3 Å². The van der Waals surface area contributed by atoms with Gasteiger partial charge in [0.2, 0.25) is 0 Å². The highest BCUT2D eigenvalue weighted by atomic mass is 79.9. The number of halogens is 1. The number of hydrogen-bond acceptors (Lipinski definition) is 4. The number of Topliss-reactive ketones (excluding diaryl/α,β-unsaturated/α-hetero) is 3. The van der Waals surface area contributed by atoms with Gasteiger partial charge in [0.05, 0.1) is 12.1 Å². The van der Waals surface area contributed by atoms with Crippen LogP contribution in [0.5, 0.6) is 0 Å². The van der Waals surface area contributed by atoms with Gasteiger partial charge in [0.15, 0.2) is 17.3 Å². The molecule has 1 saturated heterocycles. The van der Waals surface area contributed by atoms with Crippen LogP contribution in [0, 0.1) is 5.41 Å². The fourth-order valence-corrected chi connectivity index (χ4v) is 6.38. The number of rotatable bonds is 2. The topological polar surface area (TPSA) is 54.5 Å². The molecule has 2 aliphatic heterocycles. The maximum atomic E-state index is 14.2. The third kappa shape index (κ3) is 2.54. The molecule has 33 heavy (non-hydrogen) atoms. The summed E-state index contributed by atoms with van der Waals surface area (Å²) >= 11 is 3.48. The van der Waals surface area contributed by atoms with Crippen molar-refractivity contribution in [2.24, 2.45) is 5.41 Å². The van der Waals surface area contributed by atoms with Crippen LogP contribution in [0.4, 0.5) is 5.69 Å². The van der Waals surface area contributed by atoms with Gasteiger partial charge in [0, 0.05) is 27.2 Å². The largest absolute Gasteiger partial charge is 0.352 e. The first-order valence-electron chi connectivity index (χ1n) is 11.0. The second-order valence-electron chi connectivity index (χ2n) is 8.93. The third-order valence-electron chi connectivity index (χ3n) is 7.36. The van der Waals surface area contributed by atoms with Crippen molar-refractivity contribution >= 4 is 45.0 Å². The highest BCUT2D eigenvalue weighted by Gasteiger charge is 2.71. The molecule has 3 aliphatic rings. The second kappa shape index (κ2) is 7.09. The Bertz CT molecular complexity index is 1340. The molecule has 2 heterocycles. The van der Waals surface area contributed by atoms with Crippen molar-refractivity contribution < 1.29 is 14.4 Å². The number of hydrogen-bond donors (Lipinski definition) is 0. The summed E-state index contributed by atoms with van der Waals surface area (Å²) in [5.74, 6) is -1.07. The first kappa shape index (κ1) is 20.3. The lowest BCUT2D eigenvalue weighted by molar-refractivity contribution is -0.118. The minimum atomic E-state index is -1.40. The van der Waals surface area contributed by atoms with E-state index >= 15 is 0 Å². The molecule has 5 heteroatoms. The predicted octanol–water partition coefficient (Wildman–Crippen LogP) is 5.47. The van der Waals surface area contributed by atoms with Crippen molar-refractivity contribution in [1.29, 1.82) is 0 Å². The normalized spacial score (nSPS) is 24.1. The van der Waals surface area contributed by atoms with Crippen molar-refractivity contribution in [3.63, 3.8) is 0 Å². The van der Waals surface area contributed by atoms with Crippen LogP contribution in [-0.2, 0) is 4.79 Å². The van der Waals surface area contributed by atoms with E-state index in [2.05, 4.69) is 15.9 Å². The van der Waals surface area contributed by atoms with E-state index in [0.29, 0.717) is 11.1 Å². The van der Waals surface area contributed by atoms with Crippen LogP contribution < -0.4 is 4.90 Å². The summed E-state index contributed by atoms with van der Waals surface area (Å²) in [6.07, 6.45) is 3.92. The lowest BCUT2D eigenvalue weighted by Crippen LogP contribution is -2.48. The molecule has 3 aromatic rings. The molecule has 0 radical (unpaired) electrons. The number of carbonyl (C=O) groups excluding carboxylic acids is 3. The van der Waals surface area contributed by atoms with Gasteiger partial charge in [0.25, 0.3) is 0 Å². The molecular weight excluding hydrogens is 478 g/mol. The van der Waals surface area contributed by atoms with E-state index < -0.39 is 23.4 Å². The Labute approximate surface area is 200 Å². The van der Waals surface area contributed by atoms with Crippen molar-refractivity contribution in [1.82, 2.24) is 0 Å². The highest BCUT2D eigenvalue weighted by Crippen LogP contribution is 2.60. The summed E-state index contributed by atoms with van der Waals surface area (Å²) < 4.78 is 0.896. The van der Waals surface area contributed by atoms with Crippen molar-refractivity contribution in [3.8, 4) is 0 Å². The Morgan fingerprint density at radius 2 is 1.48 bits per heavy atom. The monoisotopic (exact) mass is 497 g/mol. The molecule has 0 N–H and O–H groups in total. The number of benzene rings is 3. The second-order valence-corrected chi connectivity index (χ2v) is 9.84. The first-order chi connectivity index (χ1) is 16.0. The number of fused-ring (bicyclic) bond motifs is 5. The Kier molecular flexibility index (Phi) is 4.36. The first-order valence-corrected chi connectivity index (χ1v) is 11.8. The average molecular weight is 498 g/mol. The lowest BCUT2D eigenvalue weighted by Gasteiger charge is -2.37. The number of ketones is 3. The van der Waals surface area contributed by atoms with E-state index in [1.807, 2.05) is 65.6 Å². The molecule has 4 nitrogen and oxygen atoms in total. The Morgan fingerprint density at radius 1 is 0.879 bits per heavy atom. The molecule has 0 aromatic heterocycles. The van der Waals surface area contributed by atoms with Crippen molar-refractivity contribution in [2.45, 2.75) is 24.9 Å². The molecule has 0 bridgehead atoms. The standard InChI is InChI=1S/C28H20BrNO3/c1-16(31)25-24(18-10-13-19(29)14-11-18)28(26(32)20-7-3-4-8-21(20)27(28)33)23-15-12-17-6-2-5-9-22(17)30(23)25/h2-15,23-25H,1H3/t23-,24+,25+/m1/s1. The van der Waals surface area contributed by atoms with Gasteiger partial charge in [0.1, 0.15) is 5.41 Å². The van der Waals surface area contributed by atoms with Crippen molar-refractivity contribution in [2.75, 3.05) is 4.90 Å². The lowest BCUT2D eigenvalue weighted by atomic mass is 9.64. The zero-order valence-corrected chi connectivity index (χ0v) is 19.5. The minimum absolute atomic E-state index is 0.0635. The van der Waals surface area contributed by atoms with E-state index in [4.69, 9.17) is 0 Å². The maximum absolute atomic E-state index is 14.2. The summed E-state index contributed by atoms with van der Waals surface area (Å²) in [5.41, 5.74) is 2.15. The molecule has 1 fully saturated rings. The van der Waals surface area contributed by atoms with E-state index in [0.717, 1.165) is 21.3 Å². The van der Waals surface area contributed by atoms with Gasteiger partial charge in [-0.25, -0.2) is 0 Å². The quantitative estimate of drug-likeness (QED) is 0.440. The molecule has 1 spiro atoms. The highest BCUT2D eigenvalue weighted by molar-refractivity contribution is 9.10. The van der Waals surface area contributed by atoms with E-state index in [9.17, 15) is 14.4 Å². The summed E-state index contributed by atoms with van der Waals surface area (Å²) in [6.45, 7) is 1.56. The van der Waals surface area contributed by atoms with Gasteiger partial charge in [-0.2, -0.15) is 0 Å². The Morgan fingerprint density at radius 3 is 2.12 bits per heavy atom. The Hall–Kier alpha value is -3.31. The number of nitrogens with zero attached hydrogens (tertiary/aromatic N) is 1. The van der Waals surface area contributed by atoms with Crippen LogP contribution in [0.1, 0.15) is 44.7 Å². The van der Waals surface area contributed by atoms with Crippen LogP contribution >= 0.6 is 15.9 Å². The van der Waals surface area contributed by atoms with Gasteiger partial charge < -0.3 is 4.90 Å². The van der Waals surface area contributed by atoms with Gasteiger partial charge in [-0.3, -0.25) is 14.4 Å². The smallest absolute Gasteiger partial charge is 0.180 e. The zero-order chi connectivity index (χ0) is 22.9. The Balaban J connectivity index is 1.68.